The Morgan fingerprint density at radius 2 is 1.20 bits per heavy atom. The van der Waals surface area contributed by atoms with Crippen LogP contribution in [0.1, 0.15) is 0 Å². The minimum Gasteiger partial charge on any atom is -0.350 e. The second kappa shape index (κ2) is 9.56. The van der Waals surface area contributed by atoms with Crippen LogP contribution in [0.15, 0.2) is 0 Å². The summed E-state index contributed by atoms with van der Waals surface area (Å²) in [4.78, 5) is 41.8. The molecule has 13 heteroatoms. The average molecular weight is 294 g/mol. The average Bonchev–Trinajstić information content (AvgIpc) is 2.27. The number of nitrogens with two attached hydrogens (primary N) is 4. The Morgan fingerprint density at radius 1 is 0.850 bits per heavy atom. The summed E-state index contributed by atoms with van der Waals surface area (Å²) < 4.78 is 0. The predicted molar refractivity (Wildman–Crippen MR) is 64.5 cm³/mol. The van der Waals surface area contributed by atoms with Crippen molar-refractivity contribution >= 4 is 18.2 Å². The number of rotatable bonds is 8. The van der Waals surface area contributed by atoms with Gasteiger partial charge in [-0.15, -0.1) is 0 Å². The third-order valence-electron chi connectivity index (χ3n) is 1.50. The molecular formula is C7H18N8O5. The summed E-state index contributed by atoms with van der Waals surface area (Å²) in [5.41, 5.74) is 24.1. The van der Waals surface area contributed by atoms with Gasteiger partial charge in [0.15, 0.2) is 0 Å². The zero-order chi connectivity index (χ0) is 15.5. The fourth-order valence-electron chi connectivity index (χ4n) is 0.926. The summed E-state index contributed by atoms with van der Waals surface area (Å²) in [6.45, 7) is 0.0234. The molecule has 0 radical (unpaired) electrons. The van der Waals surface area contributed by atoms with E-state index in [1.165, 1.54) is 0 Å². The maximum absolute atomic E-state index is 11.4. The van der Waals surface area contributed by atoms with Crippen LogP contribution in [0.5, 0.6) is 0 Å². The van der Waals surface area contributed by atoms with Gasteiger partial charge in [-0.1, -0.05) is 0 Å². The Balaban J connectivity index is 4.38. The number of amides is 4. The first-order chi connectivity index (χ1) is 9.38. The van der Waals surface area contributed by atoms with E-state index < -0.39 is 18.2 Å². The highest BCUT2D eigenvalue weighted by Crippen LogP contribution is 1.93. The molecule has 0 aromatic heterocycles. The van der Waals surface area contributed by atoms with Gasteiger partial charge in [-0.05, 0) is 10.3 Å². The van der Waals surface area contributed by atoms with Crippen molar-refractivity contribution < 1.29 is 24.1 Å². The fourth-order valence-corrected chi connectivity index (χ4v) is 0.926. The van der Waals surface area contributed by atoms with Crippen molar-refractivity contribution in [3.8, 4) is 0 Å². The lowest BCUT2D eigenvalue weighted by Gasteiger charge is -2.22. The van der Waals surface area contributed by atoms with E-state index in [1.54, 1.807) is 0 Å². The van der Waals surface area contributed by atoms with Crippen LogP contribution in [-0.2, 0) is 9.68 Å². The first-order valence-electron chi connectivity index (χ1n) is 5.36. The van der Waals surface area contributed by atoms with Crippen molar-refractivity contribution in [2.45, 2.75) is 0 Å². The fraction of sp³-hybridized carbons (Fsp3) is 0.571. The highest BCUT2D eigenvalue weighted by Gasteiger charge is 2.18. The molecule has 0 aromatic rings. The predicted octanol–water partition coefficient (Wildman–Crippen LogP) is -3.34. The van der Waals surface area contributed by atoms with Gasteiger partial charge in [-0.25, -0.2) is 20.4 Å². The molecule has 0 saturated heterocycles. The number of primary amides is 2. The normalized spacial score (nSPS) is 10.2. The molecule has 10 N–H and O–H groups in total. The Morgan fingerprint density at radius 3 is 1.45 bits per heavy atom. The van der Waals surface area contributed by atoms with Crippen LogP contribution in [0.4, 0.5) is 14.4 Å². The molecule has 0 rings (SSSR count). The van der Waals surface area contributed by atoms with Crippen molar-refractivity contribution in [2.75, 3.05) is 26.2 Å². The van der Waals surface area contributed by atoms with Gasteiger partial charge < -0.3 is 32.6 Å². The smallest absolute Gasteiger partial charge is 0.350 e. The second-order valence-corrected chi connectivity index (χ2v) is 3.17. The monoisotopic (exact) mass is 294 g/mol. The van der Waals surface area contributed by atoms with Crippen LogP contribution in [-0.4, -0.2) is 54.7 Å². The van der Waals surface area contributed by atoms with E-state index in [4.69, 9.17) is 22.9 Å². The van der Waals surface area contributed by atoms with Crippen LogP contribution >= 0.6 is 0 Å². The third-order valence-corrected chi connectivity index (χ3v) is 1.50. The molecule has 0 aliphatic carbocycles. The second-order valence-electron chi connectivity index (χ2n) is 3.17. The van der Waals surface area contributed by atoms with Crippen molar-refractivity contribution in [1.82, 2.24) is 21.2 Å². The molecule has 0 aliphatic rings. The zero-order valence-corrected chi connectivity index (χ0v) is 10.6. The highest BCUT2D eigenvalue weighted by atomic mass is 16.9. The summed E-state index contributed by atoms with van der Waals surface area (Å²) in [7, 11) is 0. The van der Waals surface area contributed by atoms with Gasteiger partial charge in [0.25, 0.3) is 0 Å². The van der Waals surface area contributed by atoms with Gasteiger partial charge in [-0.3, -0.25) is 0 Å². The first kappa shape index (κ1) is 17.6. The molecule has 0 aromatic carbocycles. The summed E-state index contributed by atoms with van der Waals surface area (Å²) >= 11 is 0. The van der Waals surface area contributed by atoms with Gasteiger partial charge in [0.2, 0.25) is 0 Å². The Kier molecular flexibility index (Phi) is 8.44. The largest absolute Gasteiger partial charge is 0.551 e. The van der Waals surface area contributed by atoms with Crippen LogP contribution in [0.3, 0.4) is 0 Å². The van der Waals surface area contributed by atoms with E-state index in [-0.39, 0.29) is 26.2 Å². The maximum Gasteiger partial charge on any atom is 0.551 e. The zero-order valence-electron chi connectivity index (χ0n) is 10.6. The van der Waals surface area contributed by atoms with Gasteiger partial charge in [0.05, 0.1) is 13.1 Å². The molecule has 0 fully saturated rings. The molecule has 13 nitrogen and oxygen atoms in total. The van der Waals surface area contributed by atoms with Crippen molar-refractivity contribution in [3.63, 3.8) is 0 Å². The molecule has 0 unspecified atom stereocenters. The van der Waals surface area contributed by atoms with Crippen LogP contribution < -0.4 is 33.8 Å². The Labute approximate surface area is 113 Å². The van der Waals surface area contributed by atoms with Crippen LogP contribution in [0.25, 0.3) is 0 Å². The van der Waals surface area contributed by atoms with Crippen LogP contribution in [0, 0.1) is 0 Å². The molecule has 116 valence electrons. The molecule has 0 aliphatic heterocycles. The summed E-state index contributed by atoms with van der Waals surface area (Å²) in [6.07, 6.45) is -1.28. The number of nitrogens with zero attached hydrogens (tertiary/aromatic N) is 2. The third kappa shape index (κ3) is 8.70. The minimum absolute atomic E-state index is 0.0435. The maximum atomic E-state index is 11.4. The summed E-state index contributed by atoms with van der Waals surface area (Å²) in [5.74, 6) is 0. The molecule has 4 amide bonds. The first-order valence-corrected chi connectivity index (χ1v) is 5.36. The number of hydrogen-bond donors (Lipinski definition) is 6. The lowest BCUT2D eigenvalue weighted by atomic mass is 10.7. The van der Waals surface area contributed by atoms with Gasteiger partial charge in [0.1, 0.15) is 0 Å². The lowest BCUT2D eigenvalue weighted by Crippen LogP contribution is -2.51. The number of nitrogens with one attached hydrogen (secondary N) is 2. The molecule has 0 atom stereocenters. The SMILES string of the molecule is NCCN(NC(N)=O)OC(=O)ON(CCN)NC(N)=O. The van der Waals surface area contributed by atoms with Gasteiger partial charge >= 0.3 is 18.2 Å². The number of carbonyl (C=O) groups is 3. The molecule has 0 saturated carbocycles. The highest BCUT2D eigenvalue weighted by molar-refractivity contribution is 5.71. The topological polar surface area (TPSA) is 204 Å². The molecular weight excluding hydrogens is 276 g/mol. The van der Waals surface area contributed by atoms with Crippen molar-refractivity contribution in [3.05, 3.63) is 0 Å². The summed E-state index contributed by atoms with van der Waals surface area (Å²) in [6, 6.07) is -1.94. The van der Waals surface area contributed by atoms with Crippen molar-refractivity contribution in [1.29, 1.82) is 0 Å². The minimum atomic E-state index is -1.28. The summed E-state index contributed by atoms with van der Waals surface area (Å²) in [5, 5.41) is 1.32. The van der Waals surface area contributed by atoms with E-state index in [0.717, 1.165) is 0 Å². The number of carbonyl (C=O) groups excluding carboxylic acids is 3. The van der Waals surface area contributed by atoms with E-state index in [2.05, 4.69) is 9.68 Å². The van der Waals surface area contributed by atoms with Gasteiger partial charge in [0, 0.05) is 13.1 Å². The van der Waals surface area contributed by atoms with E-state index in [1.807, 2.05) is 10.9 Å². The van der Waals surface area contributed by atoms with Gasteiger partial charge in [-0.2, -0.15) is 4.79 Å². The van der Waals surface area contributed by atoms with Crippen molar-refractivity contribution in [2.24, 2.45) is 22.9 Å². The van der Waals surface area contributed by atoms with E-state index in [0.29, 0.717) is 10.3 Å². The number of hydrogen-bond acceptors (Lipinski definition) is 9. The van der Waals surface area contributed by atoms with E-state index >= 15 is 0 Å². The molecule has 0 spiro atoms. The quantitative estimate of drug-likeness (QED) is 0.247. The number of hydroxylamine groups is 2. The van der Waals surface area contributed by atoms with E-state index in [9.17, 15) is 14.4 Å². The Hall–Kier alpha value is -2.35. The molecule has 0 bridgehead atoms. The van der Waals surface area contributed by atoms with Crippen LogP contribution in [0.2, 0.25) is 0 Å². The number of hydrazine groups is 2. The molecule has 20 heavy (non-hydrogen) atoms. The number of urea groups is 2. The Bertz CT molecular complexity index is 309. The molecule has 0 heterocycles. The standard InChI is InChI=1S/C7H18N8O5/c8-1-3-14(12-5(10)16)19-7(18)20-15(4-2-9)13-6(11)17/h1-4,8-9H2,(H3,10,12,16)(H3,11,13,17). The lowest BCUT2D eigenvalue weighted by molar-refractivity contribution is -0.209.